The van der Waals surface area contributed by atoms with E-state index in [0.29, 0.717) is 0 Å². The highest BCUT2D eigenvalue weighted by atomic mass is 32.2. The number of sulfone groups is 1. The third-order valence-corrected chi connectivity index (χ3v) is 2.75. The molecule has 0 fully saturated rings. The first kappa shape index (κ1) is 15.0. The average molecular weight is 254 g/mol. The van der Waals surface area contributed by atoms with E-state index in [4.69, 9.17) is 0 Å². The van der Waals surface area contributed by atoms with Crippen LogP contribution in [0.15, 0.2) is 29.2 Å². The Bertz CT molecular complexity index is 436. The summed E-state index contributed by atoms with van der Waals surface area (Å²) in [6.07, 6.45) is -3.89. The minimum Gasteiger partial charge on any atom is -0.224 e. The predicted molar refractivity (Wildman–Crippen MR) is 55.9 cm³/mol. The molecule has 2 nitrogen and oxygen atoms in total. The van der Waals surface area contributed by atoms with E-state index >= 15 is 0 Å². The SMILES string of the molecule is CC.CS(=O)(=O)c1ccccc1C(F)(F)F. The molecule has 6 heteroatoms. The lowest BCUT2D eigenvalue weighted by Crippen LogP contribution is -2.11. The number of benzene rings is 1. The minimum absolute atomic E-state index is 0.687. The van der Waals surface area contributed by atoms with Crippen LogP contribution in [0.5, 0.6) is 0 Å². The highest BCUT2D eigenvalue weighted by molar-refractivity contribution is 7.90. The molecule has 0 radical (unpaired) electrons. The standard InChI is InChI=1S/C8H7F3O2S.C2H6/c1-14(12,13)7-5-3-2-4-6(7)8(9,10)11;1-2/h2-5H,1H3;1-2H3. The molecule has 0 spiro atoms. The van der Waals surface area contributed by atoms with E-state index in [-0.39, 0.29) is 0 Å². The van der Waals surface area contributed by atoms with Gasteiger partial charge in [-0.1, -0.05) is 26.0 Å². The van der Waals surface area contributed by atoms with Crippen molar-refractivity contribution in [3.8, 4) is 0 Å². The highest BCUT2D eigenvalue weighted by Crippen LogP contribution is 2.33. The maximum Gasteiger partial charge on any atom is 0.417 e. The Morgan fingerprint density at radius 3 is 1.81 bits per heavy atom. The molecule has 0 aromatic heterocycles. The predicted octanol–water partition coefficient (Wildman–Crippen LogP) is 3.14. The van der Waals surface area contributed by atoms with Crippen molar-refractivity contribution >= 4 is 9.84 Å². The number of hydrogen-bond donors (Lipinski definition) is 0. The van der Waals surface area contributed by atoms with Gasteiger partial charge in [0.05, 0.1) is 10.5 Å². The van der Waals surface area contributed by atoms with Gasteiger partial charge in [0.2, 0.25) is 0 Å². The zero-order chi connectivity index (χ0) is 13.0. The molecule has 0 unspecified atom stereocenters. The van der Waals surface area contributed by atoms with Crippen LogP contribution in [-0.2, 0) is 16.0 Å². The van der Waals surface area contributed by atoms with Crippen LogP contribution in [0, 0.1) is 0 Å². The van der Waals surface area contributed by atoms with E-state index in [1.165, 1.54) is 6.07 Å². The van der Waals surface area contributed by atoms with Gasteiger partial charge in [0, 0.05) is 6.26 Å². The smallest absolute Gasteiger partial charge is 0.224 e. The van der Waals surface area contributed by atoms with Crippen LogP contribution >= 0.6 is 0 Å². The molecule has 0 heterocycles. The number of hydrogen-bond acceptors (Lipinski definition) is 2. The number of rotatable bonds is 1. The third kappa shape index (κ3) is 3.84. The number of halogens is 3. The molecule has 0 aliphatic rings. The Morgan fingerprint density at radius 1 is 1.06 bits per heavy atom. The summed E-state index contributed by atoms with van der Waals surface area (Å²) in [5, 5.41) is 0. The van der Waals surface area contributed by atoms with Gasteiger partial charge in [0.25, 0.3) is 0 Å². The Hall–Kier alpha value is -1.04. The lowest BCUT2D eigenvalue weighted by atomic mass is 10.2. The van der Waals surface area contributed by atoms with Gasteiger partial charge in [0.15, 0.2) is 9.84 Å². The topological polar surface area (TPSA) is 34.1 Å². The summed E-state index contributed by atoms with van der Waals surface area (Å²) in [6, 6.07) is 4.09. The van der Waals surface area contributed by atoms with E-state index in [0.717, 1.165) is 24.5 Å². The lowest BCUT2D eigenvalue weighted by Gasteiger charge is -2.10. The van der Waals surface area contributed by atoms with Crippen molar-refractivity contribution in [2.45, 2.75) is 24.9 Å². The van der Waals surface area contributed by atoms with Crippen LogP contribution in [0.2, 0.25) is 0 Å². The molecule has 0 saturated carbocycles. The maximum absolute atomic E-state index is 12.3. The molecule has 1 aromatic carbocycles. The largest absolute Gasteiger partial charge is 0.417 e. The molecule has 0 atom stereocenters. The Morgan fingerprint density at radius 2 is 1.50 bits per heavy atom. The normalized spacial score (nSPS) is 11.6. The van der Waals surface area contributed by atoms with Crippen LogP contribution < -0.4 is 0 Å². The van der Waals surface area contributed by atoms with E-state index in [9.17, 15) is 21.6 Å². The molecule has 1 rings (SSSR count). The summed E-state index contributed by atoms with van der Waals surface area (Å²) in [6.45, 7) is 4.00. The molecule has 16 heavy (non-hydrogen) atoms. The Kier molecular flexibility index (Phi) is 4.99. The van der Waals surface area contributed by atoms with Gasteiger partial charge >= 0.3 is 6.18 Å². The minimum atomic E-state index is -4.64. The van der Waals surface area contributed by atoms with Crippen LogP contribution in [-0.4, -0.2) is 14.7 Å². The van der Waals surface area contributed by atoms with Crippen molar-refractivity contribution < 1.29 is 21.6 Å². The van der Waals surface area contributed by atoms with Gasteiger partial charge in [0.1, 0.15) is 0 Å². The summed E-state index contributed by atoms with van der Waals surface area (Å²) in [5.74, 6) is 0. The van der Waals surface area contributed by atoms with E-state index in [2.05, 4.69) is 0 Å². The van der Waals surface area contributed by atoms with Crippen molar-refractivity contribution in [2.75, 3.05) is 6.26 Å². The molecule has 0 saturated heterocycles. The first-order valence-electron chi connectivity index (χ1n) is 4.59. The average Bonchev–Trinajstić information content (AvgIpc) is 2.18. The summed E-state index contributed by atoms with van der Waals surface area (Å²) in [5.41, 5.74) is -1.12. The fourth-order valence-corrected chi connectivity index (χ4v) is 1.93. The van der Waals surface area contributed by atoms with Crippen LogP contribution in [0.25, 0.3) is 0 Å². The molecule has 0 aliphatic carbocycles. The highest BCUT2D eigenvalue weighted by Gasteiger charge is 2.35. The summed E-state index contributed by atoms with van der Waals surface area (Å²) in [4.78, 5) is -0.687. The Labute approximate surface area is 93.0 Å². The molecule has 0 amide bonds. The first-order chi connectivity index (χ1) is 7.23. The zero-order valence-corrected chi connectivity index (χ0v) is 9.98. The van der Waals surface area contributed by atoms with E-state index in [1.807, 2.05) is 13.8 Å². The second-order valence-corrected chi connectivity index (χ2v) is 4.75. The first-order valence-corrected chi connectivity index (χ1v) is 6.48. The molecule has 0 aliphatic heterocycles. The van der Waals surface area contributed by atoms with Crippen molar-refractivity contribution in [1.29, 1.82) is 0 Å². The maximum atomic E-state index is 12.3. The van der Waals surface area contributed by atoms with E-state index in [1.54, 1.807) is 0 Å². The quantitative estimate of drug-likeness (QED) is 0.771. The van der Waals surface area contributed by atoms with E-state index < -0.39 is 26.5 Å². The van der Waals surface area contributed by atoms with Gasteiger partial charge in [-0.2, -0.15) is 13.2 Å². The molecule has 1 aromatic rings. The second-order valence-electron chi connectivity index (χ2n) is 2.77. The third-order valence-electron chi connectivity index (χ3n) is 1.59. The zero-order valence-electron chi connectivity index (χ0n) is 9.17. The Balaban J connectivity index is 0.00000106. The summed E-state index contributed by atoms with van der Waals surface area (Å²) >= 11 is 0. The number of alkyl halides is 3. The van der Waals surface area contributed by atoms with Crippen molar-refractivity contribution in [2.24, 2.45) is 0 Å². The van der Waals surface area contributed by atoms with Crippen LogP contribution in [0.4, 0.5) is 13.2 Å². The lowest BCUT2D eigenvalue weighted by molar-refractivity contribution is -0.139. The fraction of sp³-hybridized carbons (Fsp3) is 0.400. The van der Waals surface area contributed by atoms with Crippen molar-refractivity contribution in [3.05, 3.63) is 29.8 Å². The van der Waals surface area contributed by atoms with Gasteiger partial charge in [-0.15, -0.1) is 0 Å². The van der Waals surface area contributed by atoms with Gasteiger partial charge < -0.3 is 0 Å². The molecular formula is C10H13F3O2S. The van der Waals surface area contributed by atoms with Gasteiger partial charge in [-0.05, 0) is 12.1 Å². The summed E-state index contributed by atoms with van der Waals surface area (Å²) in [7, 11) is -3.84. The van der Waals surface area contributed by atoms with Crippen LogP contribution in [0.3, 0.4) is 0 Å². The van der Waals surface area contributed by atoms with Crippen molar-refractivity contribution in [3.63, 3.8) is 0 Å². The second kappa shape index (κ2) is 5.34. The molecule has 0 N–H and O–H groups in total. The van der Waals surface area contributed by atoms with Gasteiger partial charge in [-0.3, -0.25) is 0 Å². The molecule has 0 bridgehead atoms. The summed E-state index contributed by atoms with van der Waals surface area (Å²) < 4.78 is 58.9. The fourth-order valence-electron chi connectivity index (χ4n) is 1.02. The molecular weight excluding hydrogens is 241 g/mol. The van der Waals surface area contributed by atoms with Crippen LogP contribution in [0.1, 0.15) is 19.4 Å². The van der Waals surface area contributed by atoms with Gasteiger partial charge in [-0.25, -0.2) is 8.42 Å². The monoisotopic (exact) mass is 254 g/mol. The molecule has 92 valence electrons. The van der Waals surface area contributed by atoms with Crippen molar-refractivity contribution in [1.82, 2.24) is 0 Å².